The molecule has 0 bridgehead atoms. The molecule has 4 heterocycles. The van der Waals surface area contributed by atoms with Gasteiger partial charge in [-0.05, 0) is 35.9 Å². The van der Waals surface area contributed by atoms with Gasteiger partial charge in [-0.25, -0.2) is 4.79 Å². The third kappa shape index (κ3) is 3.03. The fourth-order valence-corrected chi connectivity index (χ4v) is 5.20. The Hall–Kier alpha value is -4.59. The van der Waals surface area contributed by atoms with E-state index in [4.69, 9.17) is 4.42 Å². The highest BCUT2D eigenvalue weighted by molar-refractivity contribution is 6.11. The minimum Gasteiger partial charge on any atom is -0.478 e. The van der Waals surface area contributed by atoms with Crippen LogP contribution in [-0.2, 0) is 16.6 Å². The van der Waals surface area contributed by atoms with E-state index in [0.717, 1.165) is 22.2 Å². The van der Waals surface area contributed by atoms with Gasteiger partial charge in [0.05, 0.1) is 29.1 Å². The molecule has 0 saturated carbocycles. The summed E-state index contributed by atoms with van der Waals surface area (Å²) in [5.74, 6) is -1.43. The molecule has 174 valence electrons. The van der Waals surface area contributed by atoms with Crippen LogP contribution in [0.5, 0.6) is 0 Å². The molecule has 0 aliphatic carbocycles. The number of hydrogen-bond acceptors (Lipinski definition) is 5. The Morgan fingerprint density at radius 1 is 1.09 bits per heavy atom. The zero-order valence-electron chi connectivity index (χ0n) is 19.0. The summed E-state index contributed by atoms with van der Waals surface area (Å²) in [6.45, 7) is 1.53. The molecule has 35 heavy (non-hydrogen) atoms. The van der Waals surface area contributed by atoms with Crippen LogP contribution in [0.1, 0.15) is 34.5 Å². The molecule has 2 aromatic carbocycles. The number of carboxylic acids is 1. The van der Waals surface area contributed by atoms with E-state index < -0.39 is 11.9 Å². The van der Waals surface area contributed by atoms with Crippen LogP contribution in [0.15, 0.2) is 76.5 Å². The van der Waals surface area contributed by atoms with Gasteiger partial charge in [0.15, 0.2) is 0 Å². The maximum absolute atomic E-state index is 13.5. The van der Waals surface area contributed by atoms with Gasteiger partial charge in [0.25, 0.3) is 5.91 Å². The fourth-order valence-electron chi connectivity index (χ4n) is 5.20. The standard InChI is InChI=1S/C27H21N3O5/c1-14(31)30-13-19-25(26(30)32)24(17-12-29(2)20-9-5-8-18(28-19)23(17)20)22-11-10-21(35-22)15-6-3-4-7-16(15)27(33)34/h3-12,24,28H,13H2,1-2H3,(H,33,34). The highest BCUT2D eigenvalue weighted by Gasteiger charge is 2.42. The summed E-state index contributed by atoms with van der Waals surface area (Å²) in [4.78, 5) is 38.7. The summed E-state index contributed by atoms with van der Waals surface area (Å²) in [6, 6.07) is 16.1. The third-order valence-electron chi connectivity index (χ3n) is 6.76. The maximum atomic E-state index is 13.5. The number of benzene rings is 2. The average molecular weight is 467 g/mol. The first kappa shape index (κ1) is 21.0. The van der Waals surface area contributed by atoms with E-state index in [-0.39, 0.29) is 23.9 Å². The van der Waals surface area contributed by atoms with E-state index in [0.29, 0.717) is 28.4 Å². The van der Waals surface area contributed by atoms with E-state index in [1.165, 1.54) is 17.9 Å². The largest absolute Gasteiger partial charge is 0.478 e. The lowest BCUT2D eigenvalue weighted by Crippen LogP contribution is -2.33. The predicted octanol–water partition coefficient (Wildman–Crippen LogP) is 4.34. The summed E-state index contributed by atoms with van der Waals surface area (Å²) in [5.41, 5.74) is 4.42. The molecule has 0 radical (unpaired) electrons. The van der Waals surface area contributed by atoms with Crippen LogP contribution in [-0.4, -0.2) is 38.9 Å². The number of nitrogens with zero attached hydrogens (tertiary/aromatic N) is 2. The highest BCUT2D eigenvalue weighted by atomic mass is 16.4. The first-order valence-electron chi connectivity index (χ1n) is 11.2. The Bertz CT molecular complexity index is 1610. The molecule has 1 unspecified atom stereocenters. The molecular weight excluding hydrogens is 446 g/mol. The van der Waals surface area contributed by atoms with Crippen LogP contribution < -0.4 is 5.32 Å². The van der Waals surface area contributed by atoms with Crippen molar-refractivity contribution in [3.05, 3.63) is 89.0 Å². The van der Waals surface area contributed by atoms with Crippen molar-refractivity contribution in [3.8, 4) is 11.3 Å². The summed E-state index contributed by atoms with van der Waals surface area (Å²) >= 11 is 0. The van der Waals surface area contributed by atoms with Crippen LogP contribution >= 0.6 is 0 Å². The molecule has 2 aromatic heterocycles. The molecule has 4 aromatic rings. The summed E-state index contributed by atoms with van der Waals surface area (Å²) < 4.78 is 8.27. The first-order valence-corrected chi connectivity index (χ1v) is 11.2. The quantitative estimate of drug-likeness (QED) is 0.465. The zero-order valence-corrected chi connectivity index (χ0v) is 19.0. The van der Waals surface area contributed by atoms with Crippen LogP contribution in [0.4, 0.5) is 5.69 Å². The van der Waals surface area contributed by atoms with Crippen LogP contribution in [0.25, 0.3) is 22.2 Å². The van der Waals surface area contributed by atoms with Gasteiger partial charge in [-0.15, -0.1) is 0 Å². The van der Waals surface area contributed by atoms with Crippen molar-refractivity contribution in [2.24, 2.45) is 7.05 Å². The number of carbonyl (C=O) groups is 3. The van der Waals surface area contributed by atoms with Gasteiger partial charge in [0.2, 0.25) is 5.91 Å². The number of furan rings is 1. The molecule has 0 spiro atoms. The molecule has 8 nitrogen and oxygen atoms in total. The lowest BCUT2D eigenvalue weighted by Gasteiger charge is -2.17. The molecular formula is C27H21N3O5. The molecule has 0 saturated heterocycles. The minimum atomic E-state index is -1.05. The van der Waals surface area contributed by atoms with Crippen molar-refractivity contribution in [3.63, 3.8) is 0 Å². The van der Waals surface area contributed by atoms with Crippen molar-refractivity contribution in [2.75, 3.05) is 11.9 Å². The highest BCUT2D eigenvalue weighted by Crippen LogP contribution is 2.47. The van der Waals surface area contributed by atoms with E-state index in [1.807, 2.05) is 36.0 Å². The maximum Gasteiger partial charge on any atom is 0.336 e. The van der Waals surface area contributed by atoms with Gasteiger partial charge in [-0.1, -0.05) is 24.3 Å². The van der Waals surface area contributed by atoms with Gasteiger partial charge >= 0.3 is 5.97 Å². The summed E-state index contributed by atoms with van der Waals surface area (Å²) in [6.07, 6.45) is 1.98. The monoisotopic (exact) mass is 467 g/mol. The summed E-state index contributed by atoms with van der Waals surface area (Å²) in [7, 11) is 1.94. The van der Waals surface area contributed by atoms with Crippen LogP contribution in [0.2, 0.25) is 0 Å². The third-order valence-corrected chi connectivity index (χ3v) is 6.76. The van der Waals surface area contributed by atoms with Crippen molar-refractivity contribution >= 4 is 34.4 Å². The van der Waals surface area contributed by atoms with Crippen molar-refractivity contribution < 1.29 is 23.9 Å². The van der Waals surface area contributed by atoms with Gasteiger partial charge in [-0.3, -0.25) is 14.5 Å². The lowest BCUT2D eigenvalue weighted by molar-refractivity contribution is -0.139. The van der Waals surface area contributed by atoms with Crippen molar-refractivity contribution in [1.29, 1.82) is 0 Å². The Morgan fingerprint density at radius 3 is 2.66 bits per heavy atom. The molecule has 1 atom stereocenters. The second-order valence-electron chi connectivity index (χ2n) is 8.81. The zero-order chi connectivity index (χ0) is 24.4. The number of aryl methyl sites for hydroxylation is 1. The molecule has 0 fully saturated rings. The summed E-state index contributed by atoms with van der Waals surface area (Å²) in [5, 5.41) is 14.0. The Kier molecular flexibility index (Phi) is 4.47. The van der Waals surface area contributed by atoms with Crippen molar-refractivity contribution in [2.45, 2.75) is 12.8 Å². The van der Waals surface area contributed by atoms with Crippen molar-refractivity contribution in [1.82, 2.24) is 9.47 Å². The number of hydrogen-bond donors (Lipinski definition) is 2. The molecule has 2 aliphatic rings. The number of carboxylic acid groups (broad SMARTS) is 1. The molecule has 2 aliphatic heterocycles. The number of anilines is 1. The number of aromatic nitrogens is 1. The molecule has 6 rings (SSSR count). The Labute approximate surface area is 200 Å². The smallest absolute Gasteiger partial charge is 0.336 e. The van der Waals surface area contributed by atoms with E-state index in [2.05, 4.69) is 5.32 Å². The van der Waals surface area contributed by atoms with Crippen LogP contribution in [0, 0.1) is 0 Å². The predicted molar refractivity (Wildman–Crippen MR) is 129 cm³/mol. The van der Waals surface area contributed by atoms with Gasteiger partial charge < -0.3 is 19.4 Å². The molecule has 2 amide bonds. The number of nitrogens with one attached hydrogen (secondary N) is 1. The SMILES string of the molecule is CC(=O)N1CC2=C(C1=O)C(c1ccc(-c3ccccc3C(=O)O)o1)c1cn(C)c3cccc(c13)N2. The number of carbonyl (C=O) groups excluding carboxylic acids is 2. The van der Waals surface area contributed by atoms with E-state index in [1.54, 1.807) is 30.3 Å². The molecule has 2 N–H and O–H groups in total. The normalized spacial score (nSPS) is 16.9. The average Bonchev–Trinajstić information content (AvgIpc) is 3.51. The second kappa shape index (κ2) is 7.46. The van der Waals surface area contributed by atoms with Crippen LogP contribution in [0.3, 0.4) is 0 Å². The van der Waals surface area contributed by atoms with Gasteiger partial charge in [0.1, 0.15) is 11.5 Å². The Morgan fingerprint density at radius 2 is 1.89 bits per heavy atom. The van der Waals surface area contributed by atoms with E-state index >= 15 is 0 Å². The second-order valence-corrected chi connectivity index (χ2v) is 8.81. The fraction of sp³-hybridized carbons (Fsp3) is 0.148. The van der Waals surface area contributed by atoms with E-state index in [9.17, 15) is 19.5 Å². The number of amides is 2. The number of aromatic carboxylic acids is 1. The van der Waals surface area contributed by atoms with Gasteiger partial charge in [0, 0.05) is 42.5 Å². The number of imide groups is 1. The first-order chi connectivity index (χ1) is 16.8. The van der Waals surface area contributed by atoms with Gasteiger partial charge in [-0.2, -0.15) is 0 Å². The number of rotatable bonds is 3. The molecule has 8 heteroatoms. The minimum absolute atomic E-state index is 0.128. The lowest BCUT2D eigenvalue weighted by atomic mass is 9.88. The Balaban J connectivity index is 1.58. The topological polar surface area (TPSA) is 105 Å².